The van der Waals surface area contributed by atoms with E-state index < -0.39 is 11.7 Å². The number of hydrogen-bond acceptors (Lipinski definition) is 6. The molecule has 0 saturated carbocycles. The van der Waals surface area contributed by atoms with Crippen molar-refractivity contribution in [2.45, 2.75) is 6.54 Å². The van der Waals surface area contributed by atoms with Crippen LogP contribution in [0.25, 0.3) is 0 Å². The lowest BCUT2D eigenvalue weighted by molar-refractivity contribution is 0.0642. The van der Waals surface area contributed by atoms with E-state index in [1.807, 2.05) is 6.07 Å². The lowest BCUT2D eigenvalue weighted by Crippen LogP contribution is -2.30. The van der Waals surface area contributed by atoms with Crippen LogP contribution in [0.3, 0.4) is 0 Å². The Morgan fingerprint density at radius 3 is 2.40 bits per heavy atom. The first-order valence-electron chi connectivity index (χ1n) is 10.8. The number of imide groups is 1. The summed E-state index contributed by atoms with van der Waals surface area (Å²) in [5.41, 5.74) is 1.78. The van der Waals surface area contributed by atoms with Gasteiger partial charge in [0.1, 0.15) is 23.2 Å². The van der Waals surface area contributed by atoms with Crippen molar-refractivity contribution >= 4 is 23.4 Å². The standard InChI is InChI=1S/C26H21FN4O4/c1-35-23-10-9-16(15-31-25(33)17-5-2-3-6-18(17)26(31)34)13-19(23)24(32)30-12-11-29-22-8-4-7-21(27)20(22)14-28/h2-10,13,29H,11-12,15H2,1H3,(H,30,32). The largest absolute Gasteiger partial charge is 0.496 e. The van der Waals surface area contributed by atoms with Gasteiger partial charge in [-0.3, -0.25) is 19.3 Å². The molecule has 0 atom stereocenters. The van der Waals surface area contributed by atoms with Crippen molar-refractivity contribution in [1.82, 2.24) is 10.2 Å². The molecule has 0 radical (unpaired) electrons. The monoisotopic (exact) mass is 472 g/mol. The van der Waals surface area contributed by atoms with Gasteiger partial charge in [-0.15, -0.1) is 0 Å². The highest BCUT2D eigenvalue weighted by atomic mass is 19.1. The molecule has 3 aromatic carbocycles. The van der Waals surface area contributed by atoms with E-state index in [4.69, 9.17) is 10.00 Å². The second-order valence-electron chi connectivity index (χ2n) is 7.73. The molecule has 176 valence electrons. The molecule has 8 nitrogen and oxygen atoms in total. The first-order valence-corrected chi connectivity index (χ1v) is 10.8. The van der Waals surface area contributed by atoms with Gasteiger partial charge in [-0.05, 0) is 42.0 Å². The number of nitrogens with one attached hydrogen (secondary N) is 2. The van der Waals surface area contributed by atoms with Gasteiger partial charge in [0.2, 0.25) is 0 Å². The van der Waals surface area contributed by atoms with Gasteiger partial charge >= 0.3 is 0 Å². The molecule has 35 heavy (non-hydrogen) atoms. The van der Waals surface area contributed by atoms with Crippen LogP contribution in [0.15, 0.2) is 60.7 Å². The summed E-state index contributed by atoms with van der Waals surface area (Å²) in [6, 6.07) is 17.6. The lowest BCUT2D eigenvalue weighted by Gasteiger charge is -2.16. The van der Waals surface area contributed by atoms with Gasteiger partial charge in [0, 0.05) is 13.1 Å². The Morgan fingerprint density at radius 2 is 1.74 bits per heavy atom. The van der Waals surface area contributed by atoms with Gasteiger partial charge < -0.3 is 15.4 Å². The molecule has 1 heterocycles. The molecular weight excluding hydrogens is 451 g/mol. The second-order valence-corrected chi connectivity index (χ2v) is 7.73. The van der Waals surface area contributed by atoms with E-state index in [1.165, 1.54) is 19.2 Å². The molecule has 0 aromatic heterocycles. The number of hydrogen-bond donors (Lipinski definition) is 2. The fourth-order valence-electron chi connectivity index (χ4n) is 3.85. The number of anilines is 1. The fourth-order valence-corrected chi connectivity index (χ4v) is 3.85. The first-order chi connectivity index (χ1) is 16.9. The van der Waals surface area contributed by atoms with Crippen LogP contribution in [0, 0.1) is 17.1 Å². The summed E-state index contributed by atoms with van der Waals surface area (Å²) >= 11 is 0. The molecule has 1 aliphatic rings. The predicted octanol–water partition coefficient (Wildman–Crippen LogP) is 3.34. The third kappa shape index (κ3) is 4.68. The SMILES string of the molecule is COc1ccc(CN2C(=O)c3ccccc3C2=O)cc1C(=O)NCCNc1cccc(F)c1C#N. The molecule has 0 aliphatic carbocycles. The minimum absolute atomic E-state index is 0.00862. The molecule has 0 saturated heterocycles. The number of methoxy groups -OCH3 is 1. The maximum Gasteiger partial charge on any atom is 0.261 e. The van der Waals surface area contributed by atoms with Crippen molar-refractivity contribution in [3.63, 3.8) is 0 Å². The number of carbonyl (C=O) groups excluding carboxylic acids is 3. The number of ether oxygens (including phenoxy) is 1. The molecule has 1 aliphatic heterocycles. The molecule has 2 N–H and O–H groups in total. The van der Waals surface area contributed by atoms with Gasteiger partial charge in [0.15, 0.2) is 0 Å². The van der Waals surface area contributed by atoms with Crippen molar-refractivity contribution in [2.24, 2.45) is 0 Å². The zero-order valence-electron chi connectivity index (χ0n) is 18.8. The van der Waals surface area contributed by atoms with Gasteiger partial charge in [-0.25, -0.2) is 4.39 Å². The van der Waals surface area contributed by atoms with Gasteiger partial charge in [0.05, 0.1) is 36.0 Å². The van der Waals surface area contributed by atoms with E-state index >= 15 is 0 Å². The number of amides is 3. The Hall–Kier alpha value is -4.71. The van der Waals surface area contributed by atoms with Crippen LogP contribution < -0.4 is 15.4 Å². The first kappa shape index (κ1) is 23.4. The summed E-state index contributed by atoms with van der Waals surface area (Å²) in [6.45, 7) is 0.446. The molecule has 0 bridgehead atoms. The van der Waals surface area contributed by atoms with E-state index in [-0.39, 0.29) is 42.6 Å². The van der Waals surface area contributed by atoms with E-state index in [1.54, 1.807) is 48.5 Å². The van der Waals surface area contributed by atoms with E-state index in [0.29, 0.717) is 28.1 Å². The quantitative estimate of drug-likeness (QED) is 0.384. The van der Waals surface area contributed by atoms with Crippen molar-refractivity contribution < 1.29 is 23.5 Å². The molecule has 0 unspecified atom stereocenters. The highest BCUT2D eigenvalue weighted by Gasteiger charge is 2.35. The fraction of sp³-hybridized carbons (Fsp3) is 0.154. The van der Waals surface area contributed by atoms with Gasteiger partial charge in [-0.1, -0.05) is 24.3 Å². The molecular formula is C26H21FN4O4. The van der Waals surface area contributed by atoms with Crippen LogP contribution >= 0.6 is 0 Å². The Morgan fingerprint density at radius 1 is 1.03 bits per heavy atom. The molecule has 3 amide bonds. The molecule has 3 aromatic rings. The topological polar surface area (TPSA) is 112 Å². The summed E-state index contributed by atoms with van der Waals surface area (Å²) < 4.78 is 19.0. The average Bonchev–Trinajstić information content (AvgIpc) is 3.11. The number of fused-ring (bicyclic) bond motifs is 1. The normalized spacial score (nSPS) is 12.2. The van der Waals surface area contributed by atoms with Crippen LogP contribution in [0.4, 0.5) is 10.1 Å². The number of rotatable bonds is 8. The third-order valence-corrected chi connectivity index (χ3v) is 5.58. The van der Waals surface area contributed by atoms with Crippen LogP contribution in [0.5, 0.6) is 5.75 Å². The third-order valence-electron chi connectivity index (χ3n) is 5.58. The highest BCUT2D eigenvalue weighted by Crippen LogP contribution is 2.26. The van der Waals surface area contributed by atoms with Crippen molar-refractivity contribution in [3.05, 3.63) is 94.3 Å². The van der Waals surface area contributed by atoms with Crippen LogP contribution in [-0.2, 0) is 6.54 Å². The smallest absolute Gasteiger partial charge is 0.261 e. The highest BCUT2D eigenvalue weighted by molar-refractivity contribution is 6.21. The van der Waals surface area contributed by atoms with E-state index in [2.05, 4.69) is 10.6 Å². The van der Waals surface area contributed by atoms with Gasteiger partial charge in [0.25, 0.3) is 17.7 Å². The lowest BCUT2D eigenvalue weighted by atomic mass is 10.1. The Labute approximate surface area is 200 Å². The van der Waals surface area contributed by atoms with E-state index in [9.17, 15) is 18.8 Å². The summed E-state index contributed by atoms with van der Waals surface area (Å²) in [5.74, 6) is -1.48. The number of benzene rings is 3. The van der Waals surface area contributed by atoms with Gasteiger partial charge in [-0.2, -0.15) is 5.26 Å². The van der Waals surface area contributed by atoms with Crippen LogP contribution in [0.1, 0.15) is 42.2 Å². The maximum atomic E-state index is 13.7. The number of nitrogens with zero attached hydrogens (tertiary/aromatic N) is 2. The van der Waals surface area contributed by atoms with Crippen LogP contribution in [0.2, 0.25) is 0 Å². The van der Waals surface area contributed by atoms with Crippen molar-refractivity contribution in [2.75, 3.05) is 25.5 Å². The Balaban J connectivity index is 1.42. The minimum Gasteiger partial charge on any atom is -0.496 e. The Kier molecular flexibility index (Phi) is 6.73. The predicted molar refractivity (Wildman–Crippen MR) is 126 cm³/mol. The molecule has 9 heteroatoms. The molecule has 0 spiro atoms. The second kappa shape index (κ2) is 10.1. The van der Waals surface area contributed by atoms with Crippen LogP contribution in [-0.4, -0.2) is 42.8 Å². The zero-order chi connectivity index (χ0) is 24.9. The average molecular weight is 472 g/mol. The number of halogens is 1. The summed E-state index contributed by atoms with van der Waals surface area (Å²) in [5, 5.41) is 14.8. The molecule has 0 fully saturated rings. The molecule has 4 rings (SSSR count). The summed E-state index contributed by atoms with van der Waals surface area (Å²) in [7, 11) is 1.44. The van der Waals surface area contributed by atoms with Crippen molar-refractivity contribution in [1.29, 1.82) is 5.26 Å². The Bertz CT molecular complexity index is 1330. The number of nitriles is 1. The minimum atomic E-state index is -0.624. The van der Waals surface area contributed by atoms with Crippen molar-refractivity contribution in [3.8, 4) is 11.8 Å². The van der Waals surface area contributed by atoms with E-state index in [0.717, 1.165) is 4.90 Å². The maximum absolute atomic E-state index is 13.7. The summed E-state index contributed by atoms with van der Waals surface area (Å²) in [6.07, 6.45) is 0. The summed E-state index contributed by atoms with van der Waals surface area (Å²) in [4.78, 5) is 39.3. The number of carbonyl (C=O) groups is 3. The zero-order valence-corrected chi connectivity index (χ0v) is 18.8.